The Labute approximate surface area is 139 Å². The van der Waals surface area contributed by atoms with Crippen LogP contribution in [0.3, 0.4) is 0 Å². The number of rotatable bonds is 4. The lowest BCUT2D eigenvalue weighted by molar-refractivity contribution is 0.102. The molecule has 0 radical (unpaired) electrons. The van der Waals surface area contributed by atoms with Crippen molar-refractivity contribution in [1.82, 2.24) is 5.32 Å². The first kappa shape index (κ1) is 15.6. The van der Waals surface area contributed by atoms with E-state index in [1.165, 1.54) is 6.07 Å². The van der Waals surface area contributed by atoms with Crippen molar-refractivity contribution < 1.29 is 9.59 Å². The number of hydrogen-bond donors (Lipinski definition) is 3. The third-order valence-electron chi connectivity index (χ3n) is 3.57. The third-order valence-corrected chi connectivity index (χ3v) is 3.57. The summed E-state index contributed by atoms with van der Waals surface area (Å²) in [5.41, 5.74) is 2.11. The Kier molecular flexibility index (Phi) is 4.43. The number of carbonyl (C=O) groups is 2. The van der Waals surface area contributed by atoms with Gasteiger partial charge in [-0.1, -0.05) is 6.07 Å². The zero-order valence-electron chi connectivity index (χ0n) is 12.9. The highest BCUT2D eigenvalue weighted by atomic mass is 16.2. The van der Waals surface area contributed by atoms with Crippen LogP contribution in [0.5, 0.6) is 0 Å². The topological polar surface area (TPSA) is 94.0 Å². The quantitative estimate of drug-likeness (QED) is 0.808. The molecule has 1 fully saturated rings. The van der Waals surface area contributed by atoms with E-state index in [1.54, 1.807) is 42.5 Å². The first-order valence-electron chi connectivity index (χ1n) is 7.63. The van der Waals surface area contributed by atoms with Crippen LogP contribution in [0.15, 0.2) is 48.5 Å². The first-order valence-corrected chi connectivity index (χ1v) is 7.63. The summed E-state index contributed by atoms with van der Waals surface area (Å²) in [6.45, 7) is 0. The van der Waals surface area contributed by atoms with Gasteiger partial charge in [0.2, 0.25) is 0 Å². The maximum atomic E-state index is 12.2. The number of amides is 3. The standard InChI is InChI=1S/C18H16N4O2/c19-11-12-2-1-3-13(10-12)17(23)20-14-4-6-15(7-5-14)21-18(24)22-16-8-9-16/h1-7,10,16H,8-9H2,(H,20,23)(H2,21,22,24). The molecular formula is C18H16N4O2. The van der Waals surface area contributed by atoms with Crippen molar-refractivity contribution in [1.29, 1.82) is 5.26 Å². The fourth-order valence-corrected chi connectivity index (χ4v) is 2.15. The molecule has 24 heavy (non-hydrogen) atoms. The number of carbonyl (C=O) groups excluding carboxylic acids is 2. The van der Waals surface area contributed by atoms with Crippen molar-refractivity contribution in [2.45, 2.75) is 18.9 Å². The van der Waals surface area contributed by atoms with Crippen LogP contribution < -0.4 is 16.0 Å². The molecular weight excluding hydrogens is 304 g/mol. The maximum Gasteiger partial charge on any atom is 0.319 e. The highest BCUT2D eigenvalue weighted by Crippen LogP contribution is 2.19. The molecule has 0 spiro atoms. The van der Waals surface area contributed by atoms with E-state index in [2.05, 4.69) is 16.0 Å². The molecule has 1 aliphatic carbocycles. The van der Waals surface area contributed by atoms with Gasteiger partial charge < -0.3 is 16.0 Å². The fourth-order valence-electron chi connectivity index (χ4n) is 2.15. The molecule has 0 saturated heterocycles. The number of urea groups is 1. The van der Waals surface area contributed by atoms with Gasteiger partial charge in [0.15, 0.2) is 0 Å². The highest BCUT2D eigenvalue weighted by Gasteiger charge is 2.23. The van der Waals surface area contributed by atoms with Gasteiger partial charge in [-0.3, -0.25) is 4.79 Å². The molecule has 3 N–H and O–H groups in total. The van der Waals surface area contributed by atoms with Crippen LogP contribution in [0.2, 0.25) is 0 Å². The number of benzene rings is 2. The van der Waals surface area contributed by atoms with Gasteiger partial charge in [-0.05, 0) is 55.3 Å². The SMILES string of the molecule is N#Cc1cccc(C(=O)Nc2ccc(NC(=O)NC3CC3)cc2)c1. The van der Waals surface area contributed by atoms with E-state index in [9.17, 15) is 9.59 Å². The summed E-state index contributed by atoms with van der Waals surface area (Å²) in [5.74, 6) is -0.292. The average Bonchev–Trinajstić information content (AvgIpc) is 3.40. The Hall–Kier alpha value is -3.33. The van der Waals surface area contributed by atoms with E-state index < -0.39 is 0 Å². The highest BCUT2D eigenvalue weighted by molar-refractivity contribution is 6.04. The van der Waals surface area contributed by atoms with Crippen LogP contribution in [0.1, 0.15) is 28.8 Å². The van der Waals surface area contributed by atoms with Crippen LogP contribution in [0, 0.1) is 11.3 Å². The first-order chi connectivity index (χ1) is 11.6. The van der Waals surface area contributed by atoms with Crippen LogP contribution in [-0.4, -0.2) is 18.0 Å². The number of anilines is 2. The second kappa shape index (κ2) is 6.84. The Balaban J connectivity index is 1.59. The lowest BCUT2D eigenvalue weighted by Gasteiger charge is -2.09. The summed E-state index contributed by atoms with van der Waals surface area (Å²) >= 11 is 0. The smallest absolute Gasteiger partial charge is 0.319 e. The van der Waals surface area contributed by atoms with Crippen molar-refractivity contribution in [2.75, 3.05) is 10.6 Å². The Morgan fingerprint density at radius 2 is 1.67 bits per heavy atom. The molecule has 1 aliphatic rings. The molecule has 0 aliphatic heterocycles. The van der Waals surface area contributed by atoms with Crippen molar-refractivity contribution >= 4 is 23.3 Å². The molecule has 0 atom stereocenters. The zero-order valence-corrected chi connectivity index (χ0v) is 12.9. The molecule has 0 heterocycles. The van der Waals surface area contributed by atoms with Gasteiger partial charge in [0.25, 0.3) is 5.91 Å². The lowest BCUT2D eigenvalue weighted by Crippen LogP contribution is -2.30. The van der Waals surface area contributed by atoms with Gasteiger partial charge in [-0.15, -0.1) is 0 Å². The van der Waals surface area contributed by atoms with Gasteiger partial charge in [0.05, 0.1) is 11.6 Å². The summed E-state index contributed by atoms with van der Waals surface area (Å²) in [6, 6.07) is 15.4. The van der Waals surface area contributed by atoms with Gasteiger partial charge in [-0.2, -0.15) is 5.26 Å². The van der Waals surface area contributed by atoms with Crippen molar-refractivity contribution in [2.24, 2.45) is 0 Å². The molecule has 2 aromatic rings. The fraction of sp³-hybridized carbons (Fsp3) is 0.167. The summed E-state index contributed by atoms with van der Waals surface area (Å²) in [6.07, 6.45) is 2.07. The predicted molar refractivity (Wildman–Crippen MR) is 90.7 cm³/mol. The average molecular weight is 320 g/mol. The minimum absolute atomic E-state index is 0.220. The maximum absolute atomic E-state index is 12.2. The summed E-state index contributed by atoms with van der Waals surface area (Å²) < 4.78 is 0. The van der Waals surface area contributed by atoms with E-state index in [1.807, 2.05) is 6.07 Å². The monoisotopic (exact) mass is 320 g/mol. The molecule has 3 amide bonds. The van der Waals surface area contributed by atoms with E-state index >= 15 is 0 Å². The molecule has 3 rings (SSSR count). The molecule has 0 aromatic heterocycles. The van der Waals surface area contributed by atoms with E-state index in [0.29, 0.717) is 28.5 Å². The van der Waals surface area contributed by atoms with Crippen LogP contribution in [-0.2, 0) is 0 Å². The van der Waals surface area contributed by atoms with Crippen LogP contribution in [0.4, 0.5) is 16.2 Å². The third kappa shape index (κ3) is 4.11. The molecule has 6 heteroatoms. The summed E-state index contributed by atoms with van der Waals surface area (Å²) in [5, 5.41) is 17.2. The van der Waals surface area contributed by atoms with Crippen LogP contribution >= 0.6 is 0 Å². The Morgan fingerprint density at radius 3 is 2.29 bits per heavy atom. The van der Waals surface area contributed by atoms with E-state index in [0.717, 1.165) is 12.8 Å². The molecule has 2 aromatic carbocycles. The predicted octanol–water partition coefficient (Wildman–Crippen LogP) is 3.09. The zero-order chi connectivity index (χ0) is 16.9. The molecule has 0 bridgehead atoms. The van der Waals surface area contributed by atoms with Crippen LogP contribution in [0.25, 0.3) is 0 Å². The number of nitrogens with one attached hydrogen (secondary N) is 3. The number of hydrogen-bond acceptors (Lipinski definition) is 3. The molecule has 1 saturated carbocycles. The van der Waals surface area contributed by atoms with Gasteiger partial charge in [0, 0.05) is 23.0 Å². The van der Waals surface area contributed by atoms with Gasteiger partial charge >= 0.3 is 6.03 Å². The van der Waals surface area contributed by atoms with E-state index in [-0.39, 0.29) is 11.9 Å². The molecule has 120 valence electrons. The molecule has 0 unspecified atom stereocenters. The van der Waals surface area contributed by atoms with Crippen molar-refractivity contribution in [3.05, 3.63) is 59.7 Å². The van der Waals surface area contributed by atoms with Crippen molar-refractivity contribution in [3.8, 4) is 6.07 Å². The normalized spacial score (nSPS) is 12.8. The number of nitriles is 1. The second-order valence-corrected chi connectivity index (χ2v) is 5.60. The Morgan fingerprint density at radius 1 is 1.00 bits per heavy atom. The minimum atomic E-state index is -0.292. The molecule has 6 nitrogen and oxygen atoms in total. The largest absolute Gasteiger partial charge is 0.335 e. The Bertz CT molecular complexity index is 805. The second-order valence-electron chi connectivity index (χ2n) is 5.60. The van der Waals surface area contributed by atoms with Gasteiger partial charge in [-0.25, -0.2) is 4.79 Å². The summed E-state index contributed by atoms with van der Waals surface area (Å²) in [7, 11) is 0. The minimum Gasteiger partial charge on any atom is -0.335 e. The van der Waals surface area contributed by atoms with Crippen molar-refractivity contribution in [3.63, 3.8) is 0 Å². The number of nitrogens with zero attached hydrogens (tertiary/aromatic N) is 1. The van der Waals surface area contributed by atoms with E-state index in [4.69, 9.17) is 5.26 Å². The van der Waals surface area contributed by atoms with Gasteiger partial charge in [0.1, 0.15) is 0 Å². The lowest BCUT2D eigenvalue weighted by atomic mass is 10.1. The summed E-state index contributed by atoms with van der Waals surface area (Å²) in [4.78, 5) is 23.8.